The number of nitrogens with zero attached hydrogens (tertiary/aromatic N) is 3. The molecule has 0 aliphatic carbocycles. The number of hydrogen-bond donors (Lipinski definition) is 2. The van der Waals surface area contributed by atoms with Gasteiger partial charge in [-0.1, -0.05) is 11.2 Å². The second-order valence-corrected chi connectivity index (χ2v) is 3.56. The van der Waals surface area contributed by atoms with Gasteiger partial charge >= 0.3 is 0 Å². The number of hydrogen-bond acceptors (Lipinski definition) is 5. The van der Waals surface area contributed by atoms with Gasteiger partial charge in [-0.25, -0.2) is 4.98 Å². The molecule has 2 heterocycles. The first-order valence-electron chi connectivity index (χ1n) is 5.06. The molecule has 6 heteroatoms. The summed E-state index contributed by atoms with van der Waals surface area (Å²) in [6.45, 7) is 1.88. The van der Waals surface area contributed by atoms with Crippen molar-refractivity contribution in [1.29, 1.82) is 0 Å². The standard InChI is InChI=1S/C11H12N4O2/c1-7-4-3-5-15-10(7)14-9(12-2)8(6-13-17)11(15)16/h3-6,12,17H,1-2H3. The molecule has 2 N–H and O–H groups in total. The van der Waals surface area contributed by atoms with Crippen LogP contribution in [0.4, 0.5) is 5.82 Å². The van der Waals surface area contributed by atoms with E-state index in [4.69, 9.17) is 5.21 Å². The maximum absolute atomic E-state index is 12.1. The van der Waals surface area contributed by atoms with Crippen LogP contribution in [-0.2, 0) is 0 Å². The van der Waals surface area contributed by atoms with Crippen molar-refractivity contribution >= 4 is 17.7 Å². The average Bonchev–Trinajstić information content (AvgIpc) is 2.33. The molecule has 0 aliphatic heterocycles. The van der Waals surface area contributed by atoms with Crippen molar-refractivity contribution < 1.29 is 5.21 Å². The van der Waals surface area contributed by atoms with Crippen LogP contribution in [0, 0.1) is 6.92 Å². The number of oxime groups is 1. The smallest absolute Gasteiger partial charge is 0.268 e. The van der Waals surface area contributed by atoms with E-state index in [1.165, 1.54) is 4.40 Å². The van der Waals surface area contributed by atoms with E-state index < -0.39 is 0 Å². The molecule has 0 amide bonds. The van der Waals surface area contributed by atoms with Gasteiger partial charge in [0.2, 0.25) is 0 Å². The Labute approximate surface area is 97.2 Å². The van der Waals surface area contributed by atoms with Crippen molar-refractivity contribution in [2.24, 2.45) is 5.16 Å². The minimum Gasteiger partial charge on any atom is -0.411 e. The fourth-order valence-electron chi connectivity index (χ4n) is 1.68. The van der Waals surface area contributed by atoms with Gasteiger partial charge in [0.1, 0.15) is 17.0 Å². The van der Waals surface area contributed by atoms with Gasteiger partial charge in [0.25, 0.3) is 5.56 Å². The van der Waals surface area contributed by atoms with Crippen LogP contribution in [0.5, 0.6) is 0 Å². The molecule has 0 aromatic carbocycles. The summed E-state index contributed by atoms with van der Waals surface area (Å²) in [5.41, 5.74) is 1.42. The Balaban J connectivity index is 2.93. The Hall–Kier alpha value is -2.37. The lowest BCUT2D eigenvalue weighted by Crippen LogP contribution is -2.22. The van der Waals surface area contributed by atoms with E-state index in [9.17, 15) is 4.79 Å². The lowest BCUT2D eigenvalue weighted by molar-refractivity contribution is 0.322. The number of aryl methyl sites for hydroxylation is 1. The van der Waals surface area contributed by atoms with Crippen LogP contribution in [0.1, 0.15) is 11.1 Å². The molecule has 0 saturated carbocycles. The Morgan fingerprint density at radius 1 is 1.59 bits per heavy atom. The molecular weight excluding hydrogens is 220 g/mol. The number of anilines is 1. The fourth-order valence-corrected chi connectivity index (χ4v) is 1.68. The van der Waals surface area contributed by atoms with Crippen LogP contribution in [0.25, 0.3) is 5.65 Å². The van der Waals surface area contributed by atoms with Crippen molar-refractivity contribution in [3.05, 3.63) is 39.8 Å². The molecule has 0 radical (unpaired) electrons. The molecule has 6 nitrogen and oxygen atoms in total. The van der Waals surface area contributed by atoms with Crippen molar-refractivity contribution in [2.75, 3.05) is 12.4 Å². The van der Waals surface area contributed by atoms with Gasteiger partial charge in [-0.05, 0) is 18.6 Å². The van der Waals surface area contributed by atoms with Crippen LogP contribution in [-0.4, -0.2) is 27.9 Å². The molecule has 17 heavy (non-hydrogen) atoms. The van der Waals surface area contributed by atoms with Crippen LogP contribution < -0.4 is 10.9 Å². The maximum Gasteiger partial charge on any atom is 0.268 e. The summed E-state index contributed by atoms with van der Waals surface area (Å²) in [7, 11) is 1.66. The van der Waals surface area contributed by atoms with E-state index in [1.807, 2.05) is 13.0 Å². The zero-order chi connectivity index (χ0) is 12.4. The van der Waals surface area contributed by atoms with Gasteiger partial charge in [0.05, 0.1) is 6.21 Å². The summed E-state index contributed by atoms with van der Waals surface area (Å²) in [6, 6.07) is 3.64. The van der Waals surface area contributed by atoms with Gasteiger partial charge in [-0.15, -0.1) is 0 Å². The second kappa shape index (κ2) is 4.25. The van der Waals surface area contributed by atoms with Gasteiger partial charge in [-0.3, -0.25) is 9.20 Å². The minimum absolute atomic E-state index is 0.220. The minimum atomic E-state index is -0.277. The average molecular weight is 232 g/mol. The van der Waals surface area contributed by atoms with Gasteiger partial charge in [0, 0.05) is 13.2 Å². The van der Waals surface area contributed by atoms with Crippen LogP contribution in [0.2, 0.25) is 0 Å². The molecule has 2 aromatic rings. The number of rotatable bonds is 2. The Bertz CT molecular complexity index is 646. The van der Waals surface area contributed by atoms with E-state index in [0.29, 0.717) is 11.5 Å². The maximum atomic E-state index is 12.1. The summed E-state index contributed by atoms with van der Waals surface area (Å²) in [4.78, 5) is 16.5. The highest BCUT2D eigenvalue weighted by molar-refractivity contribution is 5.86. The van der Waals surface area contributed by atoms with Gasteiger partial charge in [0.15, 0.2) is 0 Å². The predicted molar refractivity (Wildman–Crippen MR) is 65.1 cm³/mol. The summed E-state index contributed by atoms with van der Waals surface area (Å²) >= 11 is 0. The molecule has 0 atom stereocenters. The summed E-state index contributed by atoms with van der Waals surface area (Å²) in [5.74, 6) is 0.391. The number of fused-ring (bicyclic) bond motifs is 1. The van der Waals surface area contributed by atoms with Gasteiger partial charge < -0.3 is 10.5 Å². The summed E-state index contributed by atoms with van der Waals surface area (Å²) in [6.07, 6.45) is 2.71. The third kappa shape index (κ3) is 1.73. The Kier molecular flexibility index (Phi) is 2.78. The molecule has 2 aromatic heterocycles. The first kappa shape index (κ1) is 11.1. The third-order valence-electron chi connectivity index (χ3n) is 2.51. The molecule has 88 valence electrons. The fraction of sp³-hybridized carbons (Fsp3) is 0.182. The monoisotopic (exact) mass is 232 g/mol. The van der Waals surface area contributed by atoms with Crippen LogP contribution >= 0.6 is 0 Å². The van der Waals surface area contributed by atoms with Crippen molar-refractivity contribution in [3.63, 3.8) is 0 Å². The largest absolute Gasteiger partial charge is 0.411 e. The molecule has 0 saturated heterocycles. The van der Waals surface area contributed by atoms with Crippen molar-refractivity contribution in [1.82, 2.24) is 9.38 Å². The quantitative estimate of drug-likeness (QED) is 0.457. The van der Waals surface area contributed by atoms with Crippen molar-refractivity contribution in [2.45, 2.75) is 6.92 Å². The molecule has 2 rings (SSSR count). The predicted octanol–water partition coefficient (Wildman–Crippen LogP) is 0.853. The lowest BCUT2D eigenvalue weighted by atomic mass is 10.2. The summed E-state index contributed by atoms with van der Waals surface area (Å²) in [5, 5.41) is 14.3. The first-order valence-corrected chi connectivity index (χ1v) is 5.06. The molecule has 0 unspecified atom stereocenters. The highest BCUT2D eigenvalue weighted by atomic mass is 16.4. The van der Waals surface area contributed by atoms with E-state index >= 15 is 0 Å². The van der Waals surface area contributed by atoms with E-state index in [2.05, 4.69) is 15.5 Å². The highest BCUT2D eigenvalue weighted by Gasteiger charge is 2.10. The third-order valence-corrected chi connectivity index (χ3v) is 2.51. The molecule has 0 aliphatic rings. The molecule has 0 fully saturated rings. The number of aromatic nitrogens is 2. The lowest BCUT2D eigenvalue weighted by Gasteiger charge is -2.08. The van der Waals surface area contributed by atoms with Gasteiger partial charge in [-0.2, -0.15) is 0 Å². The SMILES string of the molecule is CNc1nc2c(C)cccn2c(=O)c1C=NO. The topological polar surface area (TPSA) is 79.0 Å². The van der Waals surface area contributed by atoms with Crippen LogP contribution in [0.15, 0.2) is 28.3 Å². The van der Waals surface area contributed by atoms with E-state index in [0.717, 1.165) is 11.8 Å². The highest BCUT2D eigenvalue weighted by Crippen LogP contribution is 2.11. The Morgan fingerprint density at radius 3 is 3.00 bits per heavy atom. The number of pyridine rings is 1. The number of nitrogens with one attached hydrogen (secondary N) is 1. The molecule has 0 bridgehead atoms. The van der Waals surface area contributed by atoms with Crippen molar-refractivity contribution in [3.8, 4) is 0 Å². The zero-order valence-corrected chi connectivity index (χ0v) is 9.51. The zero-order valence-electron chi connectivity index (χ0n) is 9.51. The molecular formula is C11H12N4O2. The Morgan fingerprint density at radius 2 is 2.35 bits per heavy atom. The molecule has 0 spiro atoms. The van der Waals surface area contributed by atoms with E-state index in [1.54, 1.807) is 19.3 Å². The summed E-state index contributed by atoms with van der Waals surface area (Å²) < 4.78 is 1.42. The first-order chi connectivity index (χ1) is 8.19. The van der Waals surface area contributed by atoms with Crippen LogP contribution in [0.3, 0.4) is 0 Å². The second-order valence-electron chi connectivity index (χ2n) is 3.56. The normalized spacial score (nSPS) is 11.2. The van der Waals surface area contributed by atoms with E-state index in [-0.39, 0.29) is 11.1 Å².